The molecule has 2 aromatic heterocycles. The van der Waals surface area contributed by atoms with Crippen LogP contribution in [0.3, 0.4) is 0 Å². The molecule has 3 heterocycles. The summed E-state index contributed by atoms with van der Waals surface area (Å²) in [7, 11) is 1.70. The molecule has 4 rings (SSSR count). The van der Waals surface area contributed by atoms with Crippen LogP contribution < -0.4 is 5.32 Å². The van der Waals surface area contributed by atoms with Crippen LogP contribution in [0.2, 0.25) is 0 Å². The Bertz CT molecular complexity index is 995. The minimum Gasteiger partial charge on any atom is -0.383 e. The van der Waals surface area contributed by atoms with E-state index in [1.54, 1.807) is 7.11 Å². The average Bonchev–Trinajstić information content (AvgIpc) is 3.41. The Balaban J connectivity index is 1.70. The molecule has 156 valence electrons. The number of fused-ring (bicyclic) bond motifs is 3. The second-order valence-electron chi connectivity index (χ2n) is 8.19. The molecular formula is C23H32N4O2. The van der Waals surface area contributed by atoms with Gasteiger partial charge >= 0.3 is 0 Å². The average molecular weight is 397 g/mol. The quantitative estimate of drug-likeness (QED) is 0.632. The van der Waals surface area contributed by atoms with E-state index in [1.165, 1.54) is 23.7 Å². The molecule has 6 nitrogen and oxygen atoms in total. The number of benzene rings is 1. The Morgan fingerprint density at radius 2 is 1.90 bits per heavy atom. The molecule has 1 saturated heterocycles. The fourth-order valence-corrected chi connectivity index (χ4v) is 4.60. The van der Waals surface area contributed by atoms with Gasteiger partial charge in [0, 0.05) is 38.2 Å². The fraction of sp³-hybridized carbons (Fsp3) is 0.522. The third kappa shape index (κ3) is 3.79. The lowest BCUT2D eigenvalue weighted by Crippen LogP contribution is -2.34. The Labute approximate surface area is 172 Å². The third-order valence-corrected chi connectivity index (χ3v) is 5.94. The largest absolute Gasteiger partial charge is 0.383 e. The molecule has 0 radical (unpaired) electrons. The van der Waals surface area contributed by atoms with Gasteiger partial charge in [-0.05, 0) is 51.9 Å². The van der Waals surface area contributed by atoms with Gasteiger partial charge < -0.3 is 24.1 Å². The highest BCUT2D eigenvalue weighted by Crippen LogP contribution is 2.34. The maximum atomic E-state index is 13.1. The zero-order valence-electron chi connectivity index (χ0n) is 17.8. The second-order valence-corrected chi connectivity index (χ2v) is 8.19. The number of likely N-dealkylation sites (tertiary alicyclic amines) is 1. The van der Waals surface area contributed by atoms with Crippen LogP contribution in [0.4, 0.5) is 0 Å². The molecule has 3 aromatic rings. The Morgan fingerprint density at radius 1 is 1.14 bits per heavy atom. The molecule has 1 fully saturated rings. The number of hydrogen-bond donors (Lipinski definition) is 1. The van der Waals surface area contributed by atoms with Crippen molar-refractivity contribution in [3.63, 3.8) is 0 Å². The van der Waals surface area contributed by atoms with Crippen molar-refractivity contribution in [3.8, 4) is 0 Å². The first-order chi connectivity index (χ1) is 14.1. The Morgan fingerprint density at radius 3 is 2.62 bits per heavy atom. The smallest absolute Gasteiger partial charge is 0.268 e. The maximum Gasteiger partial charge on any atom is 0.268 e. The summed E-state index contributed by atoms with van der Waals surface area (Å²) in [5.41, 5.74) is 4.16. The number of carbonyl (C=O) groups is 1. The highest BCUT2D eigenvalue weighted by Gasteiger charge is 2.22. The molecule has 1 aliphatic heterocycles. The molecule has 0 spiro atoms. The molecule has 6 heteroatoms. The molecule has 1 aromatic carbocycles. The van der Waals surface area contributed by atoms with Crippen LogP contribution in [0.1, 0.15) is 43.2 Å². The molecule has 1 amide bonds. The van der Waals surface area contributed by atoms with Gasteiger partial charge in [0.1, 0.15) is 5.69 Å². The van der Waals surface area contributed by atoms with E-state index in [1.807, 2.05) is 0 Å². The highest BCUT2D eigenvalue weighted by atomic mass is 16.5. The van der Waals surface area contributed by atoms with Gasteiger partial charge in [-0.1, -0.05) is 18.2 Å². The summed E-state index contributed by atoms with van der Waals surface area (Å²) >= 11 is 0. The van der Waals surface area contributed by atoms with Crippen molar-refractivity contribution < 1.29 is 9.53 Å². The van der Waals surface area contributed by atoms with Gasteiger partial charge in [0.15, 0.2) is 0 Å². The van der Waals surface area contributed by atoms with Gasteiger partial charge in [0.25, 0.3) is 5.91 Å². The van der Waals surface area contributed by atoms with Gasteiger partial charge in [-0.25, -0.2) is 0 Å². The minimum absolute atomic E-state index is 0.00381. The third-order valence-electron chi connectivity index (χ3n) is 5.94. The summed E-state index contributed by atoms with van der Waals surface area (Å²) in [6.07, 6.45) is 2.54. The predicted octanol–water partition coefficient (Wildman–Crippen LogP) is 3.65. The number of carbonyl (C=O) groups excluding carboxylic acids is 1. The van der Waals surface area contributed by atoms with Gasteiger partial charge in [-0.2, -0.15) is 0 Å². The van der Waals surface area contributed by atoms with E-state index in [-0.39, 0.29) is 5.91 Å². The van der Waals surface area contributed by atoms with Crippen LogP contribution in [-0.2, 0) is 11.3 Å². The first kappa shape index (κ1) is 20.0. The summed E-state index contributed by atoms with van der Waals surface area (Å²) in [5, 5.41) is 4.32. The number of hydrogen-bond acceptors (Lipinski definition) is 3. The lowest BCUT2D eigenvalue weighted by molar-refractivity contribution is 0.0938. The number of ether oxygens (including phenoxy) is 1. The number of nitrogens with one attached hydrogen (secondary N) is 1. The van der Waals surface area contributed by atoms with Crippen LogP contribution in [-0.4, -0.2) is 59.8 Å². The predicted molar refractivity (Wildman–Crippen MR) is 118 cm³/mol. The van der Waals surface area contributed by atoms with Gasteiger partial charge in [-0.15, -0.1) is 0 Å². The van der Waals surface area contributed by atoms with Crippen molar-refractivity contribution in [3.05, 3.63) is 36.0 Å². The molecule has 0 aliphatic carbocycles. The van der Waals surface area contributed by atoms with E-state index in [0.29, 0.717) is 31.4 Å². The minimum atomic E-state index is -0.00381. The molecule has 0 atom stereocenters. The molecule has 29 heavy (non-hydrogen) atoms. The van der Waals surface area contributed by atoms with Crippen molar-refractivity contribution in [2.75, 3.05) is 39.9 Å². The maximum absolute atomic E-state index is 13.1. The highest BCUT2D eigenvalue weighted by molar-refractivity contribution is 6.10. The Hall–Kier alpha value is -2.31. The first-order valence-corrected chi connectivity index (χ1v) is 10.7. The lowest BCUT2D eigenvalue weighted by atomic mass is 10.2. The molecule has 1 N–H and O–H groups in total. The van der Waals surface area contributed by atoms with E-state index in [9.17, 15) is 4.79 Å². The normalized spacial score (nSPS) is 15.2. The zero-order valence-corrected chi connectivity index (χ0v) is 17.8. The lowest BCUT2D eigenvalue weighted by Gasteiger charge is -2.15. The number of aromatic nitrogens is 2. The van der Waals surface area contributed by atoms with Crippen molar-refractivity contribution in [2.24, 2.45) is 0 Å². The molecule has 1 aliphatic rings. The summed E-state index contributed by atoms with van der Waals surface area (Å²) in [6, 6.07) is 10.8. The van der Waals surface area contributed by atoms with E-state index in [0.717, 1.165) is 30.7 Å². The zero-order chi connectivity index (χ0) is 20.4. The summed E-state index contributed by atoms with van der Waals surface area (Å²) in [5.74, 6) is -0.00381. The number of amides is 1. The van der Waals surface area contributed by atoms with Crippen molar-refractivity contribution in [1.82, 2.24) is 19.4 Å². The fourth-order valence-electron chi connectivity index (χ4n) is 4.60. The molecule has 0 unspecified atom stereocenters. The van der Waals surface area contributed by atoms with Gasteiger partial charge in [0.05, 0.1) is 23.2 Å². The van der Waals surface area contributed by atoms with Crippen LogP contribution in [0.25, 0.3) is 21.9 Å². The van der Waals surface area contributed by atoms with E-state index in [2.05, 4.69) is 63.5 Å². The molecule has 0 saturated carbocycles. The number of methoxy groups -OCH3 is 1. The van der Waals surface area contributed by atoms with E-state index >= 15 is 0 Å². The SMILES string of the molecule is COCCn1c(C(=O)NCCN2CCCC2)cc2c1c1ccccc1n2C(C)C. The van der Waals surface area contributed by atoms with Crippen LogP contribution >= 0.6 is 0 Å². The van der Waals surface area contributed by atoms with Gasteiger partial charge in [0.2, 0.25) is 0 Å². The van der Waals surface area contributed by atoms with Crippen LogP contribution in [0.5, 0.6) is 0 Å². The van der Waals surface area contributed by atoms with Crippen molar-refractivity contribution >= 4 is 27.8 Å². The topological polar surface area (TPSA) is 51.4 Å². The number of nitrogens with zero attached hydrogens (tertiary/aromatic N) is 3. The Kier molecular flexibility index (Phi) is 5.92. The van der Waals surface area contributed by atoms with Crippen molar-refractivity contribution in [1.29, 1.82) is 0 Å². The van der Waals surface area contributed by atoms with E-state index in [4.69, 9.17) is 4.74 Å². The standard InChI is InChI=1S/C23H32N4O2/c1-17(2)27-19-9-5-4-8-18(19)22-20(27)16-21(26(22)14-15-29-3)23(28)24-10-13-25-11-6-7-12-25/h4-5,8-9,16-17H,6-7,10-15H2,1-3H3,(H,24,28). The molecule has 0 bridgehead atoms. The second kappa shape index (κ2) is 8.59. The monoisotopic (exact) mass is 396 g/mol. The number of para-hydroxylation sites is 1. The van der Waals surface area contributed by atoms with Crippen molar-refractivity contribution in [2.45, 2.75) is 39.3 Å². The summed E-state index contributed by atoms with van der Waals surface area (Å²) < 4.78 is 9.81. The molecular weight excluding hydrogens is 364 g/mol. The first-order valence-electron chi connectivity index (χ1n) is 10.7. The summed E-state index contributed by atoms with van der Waals surface area (Å²) in [6.45, 7) is 9.50. The van der Waals surface area contributed by atoms with E-state index < -0.39 is 0 Å². The number of rotatable bonds is 8. The van der Waals surface area contributed by atoms with Crippen LogP contribution in [0.15, 0.2) is 30.3 Å². The van der Waals surface area contributed by atoms with Gasteiger partial charge in [-0.3, -0.25) is 4.79 Å². The van der Waals surface area contributed by atoms with Crippen LogP contribution in [0, 0.1) is 0 Å². The summed E-state index contributed by atoms with van der Waals surface area (Å²) in [4.78, 5) is 15.5.